The van der Waals surface area contributed by atoms with Gasteiger partial charge in [-0.25, -0.2) is 0 Å². The lowest BCUT2D eigenvalue weighted by Gasteiger charge is -2.21. The number of hydrogen-bond acceptors (Lipinski definition) is 3. The van der Waals surface area contributed by atoms with E-state index in [4.69, 9.17) is 4.74 Å². The molecule has 20 heavy (non-hydrogen) atoms. The maximum Gasteiger partial charge on any atom is 0.242 e. The molecule has 0 aromatic heterocycles. The summed E-state index contributed by atoms with van der Waals surface area (Å²) >= 11 is 6.91. The Hall–Kier alpha value is -0.750. The molecule has 0 aliphatic heterocycles. The zero-order chi connectivity index (χ0) is 14.7. The Labute approximate surface area is 136 Å². The fraction of sp³-hybridized carbons (Fsp3) is 0.500. The second-order valence-electron chi connectivity index (χ2n) is 4.73. The molecule has 2 rings (SSSR count). The summed E-state index contributed by atoms with van der Waals surface area (Å²) in [7, 11) is 1.62. The summed E-state index contributed by atoms with van der Waals surface area (Å²) in [5.74, 6) is 0.876. The molecule has 1 fully saturated rings. The summed E-state index contributed by atoms with van der Waals surface area (Å²) in [6.45, 7) is 3.10. The predicted octanol–water partition coefficient (Wildman–Crippen LogP) is 3.64. The van der Waals surface area contributed by atoms with Crippen LogP contribution in [-0.4, -0.2) is 37.0 Å². The summed E-state index contributed by atoms with van der Waals surface area (Å²) in [5.41, 5.74) is 0.852. The van der Waals surface area contributed by atoms with Gasteiger partial charge >= 0.3 is 0 Å². The number of carbonyl (C=O) groups excluding carboxylic acids is 1. The van der Waals surface area contributed by atoms with E-state index in [0.29, 0.717) is 12.6 Å². The van der Waals surface area contributed by atoms with Crippen molar-refractivity contribution in [1.82, 2.24) is 4.90 Å². The number of halogens is 2. The van der Waals surface area contributed by atoms with Gasteiger partial charge in [0, 0.05) is 23.1 Å². The van der Waals surface area contributed by atoms with Gasteiger partial charge in [0.2, 0.25) is 5.91 Å². The predicted molar refractivity (Wildman–Crippen MR) is 87.3 cm³/mol. The minimum atomic E-state index is 0.142. The lowest BCUT2D eigenvalue weighted by atomic mass is 10.3. The minimum absolute atomic E-state index is 0.142. The average Bonchev–Trinajstić information content (AvgIpc) is 3.23. The first-order valence-electron chi connectivity index (χ1n) is 6.63. The molecule has 1 amide bonds. The summed E-state index contributed by atoms with van der Waals surface area (Å²) in [4.78, 5) is 14.1. The number of ether oxygens (including phenoxy) is 1. The fourth-order valence-electron chi connectivity index (χ4n) is 2.12. The van der Waals surface area contributed by atoms with Crippen molar-refractivity contribution in [3.63, 3.8) is 0 Å². The lowest BCUT2D eigenvalue weighted by Crippen LogP contribution is -2.37. The number of anilines is 1. The van der Waals surface area contributed by atoms with Crippen molar-refractivity contribution in [2.45, 2.75) is 25.8 Å². The molecular formula is C14H18Br2N2O2. The summed E-state index contributed by atoms with van der Waals surface area (Å²) in [6.07, 6.45) is 2.27. The van der Waals surface area contributed by atoms with E-state index >= 15 is 0 Å². The van der Waals surface area contributed by atoms with Gasteiger partial charge in [-0.15, -0.1) is 0 Å². The zero-order valence-electron chi connectivity index (χ0n) is 11.6. The Kier molecular flexibility index (Phi) is 5.32. The molecule has 0 atom stereocenters. The second-order valence-corrected chi connectivity index (χ2v) is 6.44. The molecular weight excluding hydrogens is 388 g/mol. The molecule has 0 radical (unpaired) electrons. The van der Waals surface area contributed by atoms with E-state index in [-0.39, 0.29) is 5.91 Å². The molecule has 1 aromatic carbocycles. The van der Waals surface area contributed by atoms with Crippen LogP contribution in [0.25, 0.3) is 0 Å². The van der Waals surface area contributed by atoms with Crippen LogP contribution in [0.1, 0.15) is 19.8 Å². The van der Waals surface area contributed by atoms with Crippen molar-refractivity contribution in [2.24, 2.45) is 0 Å². The van der Waals surface area contributed by atoms with Crippen LogP contribution >= 0.6 is 31.9 Å². The first kappa shape index (κ1) is 15.6. The number of rotatable bonds is 6. The van der Waals surface area contributed by atoms with E-state index < -0.39 is 0 Å². The number of hydrogen-bond donors (Lipinski definition) is 1. The van der Waals surface area contributed by atoms with E-state index in [9.17, 15) is 4.79 Å². The Morgan fingerprint density at radius 3 is 2.65 bits per heavy atom. The van der Waals surface area contributed by atoms with Gasteiger partial charge < -0.3 is 15.0 Å². The number of carbonyl (C=O) groups is 1. The molecule has 1 aliphatic rings. The monoisotopic (exact) mass is 404 g/mol. The number of amides is 1. The molecule has 1 aliphatic carbocycles. The maximum absolute atomic E-state index is 12.2. The van der Waals surface area contributed by atoms with Gasteiger partial charge in [0.15, 0.2) is 0 Å². The Morgan fingerprint density at radius 2 is 2.10 bits per heavy atom. The molecule has 6 heteroatoms. The highest BCUT2D eigenvalue weighted by Gasteiger charge is 2.30. The highest BCUT2D eigenvalue weighted by Crippen LogP contribution is 2.34. The quantitative estimate of drug-likeness (QED) is 0.785. The van der Waals surface area contributed by atoms with Gasteiger partial charge in [-0.1, -0.05) is 0 Å². The van der Waals surface area contributed by atoms with Crippen molar-refractivity contribution in [1.29, 1.82) is 0 Å². The minimum Gasteiger partial charge on any atom is -0.495 e. The van der Waals surface area contributed by atoms with Crippen molar-refractivity contribution in [2.75, 3.05) is 25.5 Å². The molecule has 1 N–H and O–H groups in total. The molecule has 110 valence electrons. The molecule has 0 heterocycles. The zero-order valence-corrected chi connectivity index (χ0v) is 14.8. The van der Waals surface area contributed by atoms with E-state index in [2.05, 4.69) is 37.2 Å². The Bertz CT molecular complexity index is 504. The summed E-state index contributed by atoms with van der Waals surface area (Å²) < 4.78 is 7.03. The first-order chi connectivity index (χ1) is 9.56. The van der Waals surface area contributed by atoms with Crippen LogP contribution in [0.5, 0.6) is 5.75 Å². The van der Waals surface area contributed by atoms with Gasteiger partial charge in [0.25, 0.3) is 0 Å². The van der Waals surface area contributed by atoms with Crippen LogP contribution in [-0.2, 0) is 4.79 Å². The third-order valence-corrected chi connectivity index (χ3v) is 4.60. The van der Waals surface area contributed by atoms with Gasteiger partial charge in [-0.3, -0.25) is 4.79 Å². The van der Waals surface area contributed by atoms with Crippen molar-refractivity contribution >= 4 is 43.5 Å². The second kappa shape index (κ2) is 6.80. The highest BCUT2D eigenvalue weighted by atomic mass is 79.9. The third-order valence-electron chi connectivity index (χ3n) is 3.32. The Balaban J connectivity index is 2.01. The van der Waals surface area contributed by atoms with Gasteiger partial charge in [0.1, 0.15) is 5.75 Å². The number of likely N-dealkylation sites (N-methyl/N-ethyl adjacent to an activating group) is 1. The smallest absolute Gasteiger partial charge is 0.242 e. The van der Waals surface area contributed by atoms with Crippen LogP contribution in [0.15, 0.2) is 21.1 Å². The van der Waals surface area contributed by atoms with Crippen LogP contribution in [0.4, 0.5) is 5.69 Å². The highest BCUT2D eigenvalue weighted by molar-refractivity contribution is 9.11. The number of benzene rings is 1. The van der Waals surface area contributed by atoms with Crippen molar-refractivity contribution in [3.8, 4) is 5.75 Å². The SMILES string of the molecule is CCN(C(=O)CNc1cc(OC)c(Br)cc1Br)C1CC1. The standard InChI is InChI=1S/C14H18Br2N2O2/c1-3-18(9-4-5-9)14(19)8-17-12-7-13(20-2)11(16)6-10(12)15/h6-7,9,17H,3-5,8H2,1-2H3. The molecule has 1 saturated carbocycles. The number of nitrogens with one attached hydrogen (secondary N) is 1. The summed E-state index contributed by atoms with van der Waals surface area (Å²) in [6, 6.07) is 4.23. The summed E-state index contributed by atoms with van der Waals surface area (Å²) in [5, 5.41) is 3.17. The molecule has 0 saturated heterocycles. The van der Waals surface area contributed by atoms with Crippen LogP contribution in [0.2, 0.25) is 0 Å². The maximum atomic E-state index is 12.2. The molecule has 4 nitrogen and oxygen atoms in total. The van der Waals surface area contributed by atoms with Crippen LogP contribution in [0.3, 0.4) is 0 Å². The third kappa shape index (κ3) is 3.67. The van der Waals surface area contributed by atoms with Gasteiger partial charge in [-0.2, -0.15) is 0 Å². The van der Waals surface area contributed by atoms with Crippen LogP contribution < -0.4 is 10.1 Å². The average molecular weight is 406 g/mol. The van der Waals surface area contributed by atoms with E-state index in [1.807, 2.05) is 24.0 Å². The van der Waals surface area contributed by atoms with Crippen molar-refractivity contribution in [3.05, 3.63) is 21.1 Å². The molecule has 0 spiro atoms. The van der Waals surface area contributed by atoms with Crippen LogP contribution in [0, 0.1) is 0 Å². The number of nitrogens with zero attached hydrogens (tertiary/aromatic N) is 1. The Morgan fingerprint density at radius 1 is 1.40 bits per heavy atom. The number of methoxy groups -OCH3 is 1. The van der Waals surface area contributed by atoms with Gasteiger partial charge in [-0.05, 0) is 57.7 Å². The van der Waals surface area contributed by atoms with Crippen molar-refractivity contribution < 1.29 is 9.53 Å². The molecule has 0 unspecified atom stereocenters. The van der Waals surface area contributed by atoms with E-state index in [1.54, 1.807) is 7.11 Å². The lowest BCUT2D eigenvalue weighted by molar-refractivity contribution is -0.129. The van der Waals surface area contributed by atoms with E-state index in [1.165, 1.54) is 0 Å². The first-order valence-corrected chi connectivity index (χ1v) is 8.21. The normalized spacial score (nSPS) is 14.0. The molecule has 1 aromatic rings. The topological polar surface area (TPSA) is 41.6 Å². The van der Waals surface area contributed by atoms with E-state index in [0.717, 1.165) is 39.8 Å². The fourth-order valence-corrected chi connectivity index (χ4v) is 3.41. The largest absolute Gasteiger partial charge is 0.495 e. The molecule has 0 bridgehead atoms. The van der Waals surface area contributed by atoms with Gasteiger partial charge in [0.05, 0.1) is 23.8 Å².